The van der Waals surface area contributed by atoms with Gasteiger partial charge in [-0.15, -0.1) is 24.8 Å². The van der Waals surface area contributed by atoms with Gasteiger partial charge in [-0.2, -0.15) is 0 Å². The minimum atomic E-state index is 0. The van der Waals surface area contributed by atoms with Gasteiger partial charge in [0.15, 0.2) is 0 Å². The van der Waals surface area contributed by atoms with E-state index in [1.807, 2.05) is 24.3 Å². The van der Waals surface area contributed by atoms with Gasteiger partial charge in [-0.3, -0.25) is 9.69 Å². The maximum absolute atomic E-state index is 11.9. The number of halogens is 2. The molecule has 132 valence electrons. The first kappa shape index (κ1) is 22.0. The van der Waals surface area contributed by atoms with Gasteiger partial charge in [0, 0.05) is 24.8 Å². The Morgan fingerprint density at radius 3 is 2.61 bits per heavy atom. The summed E-state index contributed by atoms with van der Waals surface area (Å²) in [5.41, 5.74) is 7.38. The van der Waals surface area contributed by atoms with Crippen molar-refractivity contribution in [1.82, 2.24) is 10.2 Å². The van der Waals surface area contributed by atoms with Crippen LogP contribution in [0.3, 0.4) is 0 Å². The second-order valence-electron chi connectivity index (χ2n) is 5.86. The molecule has 6 heteroatoms. The Morgan fingerprint density at radius 1 is 1.26 bits per heavy atom. The molecule has 1 unspecified atom stereocenters. The number of hydrogen-bond acceptors (Lipinski definition) is 3. The summed E-state index contributed by atoms with van der Waals surface area (Å²) in [4.78, 5) is 14.5. The highest BCUT2D eigenvalue weighted by atomic mass is 35.5. The van der Waals surface area contributed by atoms with Crippen LogP contribution < -0.4 is 11.1 Å². The SMILES string of the molecule is CCC1CCCCN1CCNC(=O)Cc1ccc(N)cc1.Cl.Cl. The third-order valence-electron chi connectivity index (χ3n) is 4.29. The van der Waals surface area contributed by atoms with E-state index in [4.69, 9.17) is 5.73 Å². The van der Waals surface area contributed by atoms with Gasteiger partial charge >= 0.3 is 0 Å². The van der Waals surface area contributed by atoms with Crippen LogP contribution >= 0.6 is 24.8 Å². The zero-order chi connectivity index (χ0) is 15.1. The molecule has 0 aromatic heterocycles. The minimum Gasteiger partial charge on any atom is -0.399 e. The largest absolute Gasteiger partial charge is 0.399 e. The molecule has 1 aromatic rings. The molecule has 1 atom stereocenters. The van der Waals surface area contributed by atoms with Gasteiger partial charge in [-0.1, -0.05) is 25.5 Å². The molecular formula is C17H29Cl2N3O. The number of amides is 1. The van der Waals surface area contributed by atoms with Crippen LogP contribution in [0.25, 0.3) is 0 Å². The first-order valence-corrected chi connectivity index (χ1v) is 8.04. The molecular weight excluding hydrogens is 333 g/mol. The van der Waals surface area contributed by atoms with Gasteiger partial charge in [-0.25, -0.2) is 0 Å². The van der Waals surface area contributed by atoms with Crippen LogP contribution in [0.4, 0.5) is 5.69 Å². The molecule has 1 amide bonds. The lowest BCUT2D eigenvalue weighted by Gasteiger charge is -2.35. The van der Waals surface area contributed by atoms with Crippen molar-refractivity contribution in [3.8, 4) is 0 Å². The smallest absolute Gasteiger partial charge is 0.224 e. The molecule has 0 spiro atoms. The van der Waals surface area contributed by atoms with E-state index < -0.39 is 0 Å². The lowest BCUT2D eigenvalue weighted by molar-refractivity contribution is -0.120. The highest BCUT2D eigenvalue weighted by Crippen LogP contribution is 2.18. The molecule has 0 aliphatic carbocycles. The molecule has 1 heterocycles. The van der Waals surface area contributed by atoms with Crippen molar-refractivity contribution >= 4 is 36.4 Å². The van der Waals surface area contributed by atoms with Crippen molar-refractivity contribution < 1.29 is 4.79 Å². The zero-order valence-electron chi connectivity index (χ0n) is 13.8. The average molecular weight is 362 g/mol. The highest BCUT2D eigenvalue weighted by molar-refractivity contribution is 5.85. The second kappa shape index (κ2) is 11.5. The molecule has 0 radical (unpaired) electrons. The van der Waals surface area contributed by atoms with E-state index in [1.54, 1.807) is 0 Å². The molecule has 0 saturated carbocycles. The topological polar surface area (TPSA) is 58.4 Å². The van der Waals surface area contributed by atoms with Crippen molar-refractivity contribution in [3.05, 3.63) is 29.8 Å². The van der Waals surface area contributed by atoms with Crippen molar-refractivity contribution in [1.29, 1.82) is 0 Å². The third kappa shape index (κ3) is 7.42. The van der Waals surface area contributed by atoms with Crippen molar-refractivity contribution in [2.75, 3.05) is 25.4 Å². The average Bonchev–Trinajstić information content (AvgIpc) is 2.50. The summed E-state index contributed by atoms with van der Waals surface area (Å²) in [6.07, 6.45) is 5.57. The van der Waals surface area contributed by atoms with Gasteiger partial charge in [0.2, 0.25) is 5.91 Å². The van der Waals surface area contributed by atoms with Gasteiger partial charge in [-0.05, 0) is 43.5 Å². The Balaban J connectivity index is 0.00000242. The standard InChI is InChI=1S/C17H27N3O.2ClH/c1-2-16-5-3-4-11-20(16)12-10-19-17(21)13-14-6-8-15(18)9-7-14;;/h6-9,16H,2-5,10-13,18H2,1H3,(H,19,21);2*1H. The Kier molecular flexibility index (Phi) is 11.1. The van der Waals surface area contributed by atoms with Crippen molar-refractivity contribution in [3.63, 3.8) is 0 Å². The summed E-state index contributed by atoms with van der Waals surface area (Å²) < 4.78 is 0. The maximum Gasteiger partial charge on any atom is 0.224 e. The first-order valence-electron chi connectivity index (χ1n) is 8.04. The van der Waals surface area contributed by atoms with Gasteiger partial charge in [0.05, 0.1) is 6.42 Å². The second-order valence-corrected chi connectivity index (χ2v) is 5.86. The van der Waals surface area contributed by atoms with Crippen LogP contribution in [-0.2, 0) is 11.2 Å². The Morgan fingerprint density at radius 2 is 1.96 bits per heavy atom. The maximum atomic E-state index is 11.9. The van der Waals surface area contributed by atoms with E-state index >= 15 is 0 Å². The summed E-state index contributed by atoms with van der Waals surface area (Å²) in [6, 6.07) is 8.19. The number of likely N-dealkylation sites (tertiary alicyclic amines) is 1. The van der Waals surface area contributed by atoms with Crippen LogP contribution in [0.15, 0.2) is 24.3 Å². The molecule has 0 bridgehead atoms. The number of nitrogens with two attached hydrogens (primary N) is 1. The molecule has 4 nitrogen and oxygen atoms in total. The lowest BCUT2D eigenvalue weighted by Crippen LogP contribution is -2.43. The molecule has 2 rings (SSSR count). The summed E-state index contributed by atoms with van der Waals surface area (Å²) in [5, 5.41) is 3.03. The normalized spacial score (nSPS) is 17.7. The van der Waals surface area contributed by atoms with Crippen LogP contribution in [0, 0.1) is 0 Å². The molecule has 1 fully saturated rings. The molecule has 1 aliphatic rings. The molecule has 1 saturated heterocycles. The first-order chi connectivity index (χ1) is 10.2. The number of carbonyl (C=O) groups is 1. The number of carbonyl (C=O) groups excluding carboxylic acids is 1. The van der Waals surface area contributed by atoms with Crippen LogP contribution in [0.1, 0.15) is 38.2 Å². The number of nitrogen functional groups attached to an aromatic ring is 1. The number of benzene rings is 1. The van der Waals surface area contributed by atoms with E-state index in [-0.39, 0.29) is 30.7 Å². The van der Waals surface area contributed by atoms with E-state index in [9.17, 15) is 4.79 Å². The number of nitrogens with zero attached hydrogens (tertiary/aromatic N) is 1. The number of piperidine rings is 1. The third-order valence-corrected chi connectivity index (χ3v) is 4.29. The lowest BCUT2D eigenvalue weighted by atomic mass is 10.0. The Bertz CT molecular complexity index is 454. The number of hydrogen-bond donors (Lipinski definition) is 2. The number of anilines is 1. The van der Waals surface area contributed by atoms with Crippen LogP contribution in [0.2, 0.25) is 0 Å². The van der Waals surface area contributed by atoms with Crippen LogP contribution in [0.5, 0.6) is 0 Å². The minimum absolute atomic E-state index is 0. The van der Waals surface area contributed by atoms with E-state index in [2.05, 4.69) is 17.1 Å². The van der Waals surface area contributed by atoms with Crippen molar-refractivity contribution in [2.45, 2.75) is 45.1 Å². The highest BCUT2D eigenvalue weighted by Gasteiger charge is 2.20. The number of rotatable bonds is 6. The van der Waals surface area contributed by atoms with Crippen LogP contribution in [-0.4, -0.2) is 36.5 Å². The van der Waals surface area contributed by atoms with E-state index in [0.29, 0.717) is 12.5 Å². The molecule has 3 N–H and O–H groups in total. The zero-order valence-corrected chi connectivity index (χ0v) is 15.4. The van der Waals surface area contributed by atoms with Gasteiger partial charge < -0.3 is 11.1 Å². The molecule has 1 aromatic carbocycles. The Labute approximate surface area is 152 Å². The van der Waals surface area contributed by atoms with E-state index in [0.717, 1.165) is 24.3 Å². The summed E-state index contributed by atoms with van der Waals surface area (Å²) >= 11 is 0. The predicted molar refractivity (Wildman–Crippen MR) is 102 cm³/mol. The Hall–Kier alpha value is -0.970. The molecule has 23 heavy (non-hydrogen) atoms. The summed E-state index contributed by atoms with van der Waals surface area (Å²) in [7, 11) is 0. The fourth-order valence-electron chi connectivity index (χ4n) is 3.04. The monoisotopic (exact) mass is 361 g/mol. The van der Waals surface area contributed by atoms with Gasteiger partial charge in [0.1, 0.15) is 0 Å². The van der Waals surface area contributed by atoms with E-state index in [1.165, 1.54) is 32.2 Å². The summed E-state index contributed by atoms with van der Waals surface area (Å²) in [6.45, 7) is 5.13. The fraction of sp³-hybridized carbons (Fsp3) is 0.588. The predicted octanol–water partition coefficient (Wildman–Crippen LogP) is 3.04. The molecule has 1 aliphatic heterocycles. The number of nitrogens with one attached hydrogen (secondary N) is 1. The summed E-state index contributed by atoms with van der Waals surface area (Å²) in [5.74, 6) is 0.0878. The van der Waals surface area contributed by atoms with Gasteiger partial charge in [0.25, 0.3) is 0 Å². The fourth-order valence-corrected chi connectivity index (χ4v) is 3.04. The quantitative estimate of drug-likeness (QED) is 0.765. The van der Waals surface area contributed by atoms with Crippen molar-refractivity contribution in [2.24, 2.45) is 0 Å².